The summed E-state index contributed by atoms with van der Waals surface area (Å²) in [5.41, 5.74) is 3.17. The van der Waals surface area contributed by atoms with Gasteiger partial charge < -0.3 is 19.5 Å². The Kier molecular flexibility index (Phi) is 11.2. The van der Waals surface area contributed by atoms with Crippen molar-refractivity contribution in [2.75, 3.05) is 19.8 Å². The lowest BCUT2D eigenvalue weighted by Crippen LogP contribution is -2.39. The first-order chi connectivity index (χ1) is 18.3. The van der Waals surface area contributed by atoms with E-state index in [4.69, 9.17) is 9.47 Å². The fraction of sp³-hybridized carbons (Fsp3) is 0.516. The van der Waals surface area contributed by atoms with Gasteiger partial charge in [-0.3, -0.25) is 4.79 Å². The Hall–Kier alpha value is -3.37. The van der Waals surface area contributed by atoms with Crippen molar-refractivity contribution in [3.05, 3.63) is 65.2 Å². The van der Waals surface area contributed by atoms with Crippen LogP contribution in [0.1, 0.15) is 69.1 Å². The number of carbonyl (C=O) groups excluding carboxylic acids is 1. The van der Waals surface area contributed by atoms with E-state index in [0.29, 0.717) is 37.3 Å². The van der Waals surface area contributed by atoms with Gasteiger partial charge in [0.25, 0.3) is 5.91 Å². The van der Waals surface area contributed by atoms with Crippen LogP contribution in [0.25, 0.3) is 0 Å². The van der Waals surface area contributed by atoms with E-state index in [1.165, 1.54) is 5.56 Å². The molecule has 0 bridgehead atoms. The van der Waals surface area contributed by atoms with Gasteiger partial charge in [0.05, 0.1) is 6.07 Å². The highest BCUT2D eigenvalue weighted by Crippen LogP contribution is 2.29. The largest absolute Gasteiger partial charge is 0.484 e. The topological polar surface area (TPSA) is 99.9 Å². The standard InChI is InChI=1S/C31H40N2O5/c1-4-37-29(31(35)36)17-23-11-15-28(16-12-23)38-21-30(34)33(19-25-7-5-24(18-32)6-8-25)20-26-9-13-27(14-10-26)22(2)3/h9-16,22,24-25,29H,4-8,17,19-21H2,1-3H3,(H,35,36)/t24?,25?,29-/m0/s1. The van der Waals surface area contributed by atoms with Crippen molar-refractivity contribution in [3.8, 4) is 11.8 Å². The number of aliphatic carboxylic acids is 1. The zero-order chi connectivity index (χ0) is 27.5. The van der Waals surface area contributed by atoms with Crippen LogP contribution in [0.4, 0.5) is 0 Å². The number of benzene rings is 2. The first-order valence-corrected chi connectivity index (χ1v) is 13.6. The number of nitrogens with zero attached hydrogens (tertiary/aromatic N) is 2. The summed E-state index contributed by atoms with van der Waals surface area (Å²) >= 11 is 0. The first kappa shape index (κ1) is 29.2. The molecule has 0 spiro atoms. The van der Waals surface area contributed by atoms with Crippen molar-refractivity contribution in [1.29, 1.82) is 5.26 Å². The third kappa shape index (κ3) is 8.88. The maximum absolute atomic E-state index is 13.3. The molecule has 1 fully saturated rings. The minimum absolute atomic E-state index is 0.0757. The van der Waals surface area contributed by atoms with Crippen molar-refractivity contribution < 1.29 is 24.2 Å². The van der Waals surface area contributed by atoms with Crippen molar-refractivity contribution in [2.24, 2.45) is 11.8 Å². The second kappa shape index (κ2) is 14.5. The summed E-state index contributed by atoms with van der Waals surface area (Å²) in [5, 5.41) is 18.5. The molecule has 1 amide bonds. The molecule has 0 aliphatic heterocycles. The Morgan fingerprint density at radius 2 is 1.66 bits per heavy atom. The average molecular weight is 521 g/mol. The van der Waals surface area contributed by atoms with Crippen LogP contribution in [0.2, 0.25) is 0 Å². The monoisotopic (exact) mass is 520 g/mol. The Balaban J connectivity index is 1.62. The van der Waals surface area contributed by atoms with Crippen LogP contribution in [0.3, 0.4) is 0 Å². The summed E-state index contributed by atoms with van der Waals surface area (Å²) in [7, 11) is 0. The molecule has 1 N–H and O–H groups in total. The lowest BCUT2D eigenvalue weighted by atomic mass is 9.82. The summed E-state index contributed by atoms with van der Waals surface area (Å²) in [5.74, 6) is 0.451. The summed E-state index contributed by atoms with van der Waals surface area (Å²) in [6.07, 6.45) is 3.06. The molecule has 38 heavy (non-hydrogen) atoms. The molecule has 3 rings (SSSR count). The molecule has 1 saturated carbocycles. The molecule has 1 aliphatic carbocycles. The van der Waals surface area contributed by atoms with Crippen LogP contribution in [-0.4, -0.2) is 47.7 Å². The van der Waals surface area contributed by atoms with Gasteiger partial charge in [-0.15, -0.1) is 0 Å². The second-order valence-electron chi connectivity index (χ2n) is 10.4. The molecule has 0 radical (unpaired) electrons. The smallest absolute Gasteiger partial charge is 0.333 e. The SMILES string of the molecule is CCO[C@@H](Cc1ccc(OCC(=O)N(Cc2ccc(C(C)C)cc2)CC2CCC(C#N)CC2)cc1)C(=O)O. The quantitative estimate of drug-likeness (QED) is 0.370. The minimum Gasteiger partial charge on any atom is -0.484 e. The summed E-state index contributed by atoms with van der Waals surface area (Å²) < 4.78 is 11.1. The van der Waals surface area contributed by atoms with Gasteiger partial charge in [-0.25, -0.2) is 4.79 Å². The molecule has 7 heteroatoms. The van der Waals surface area contributed by atoms with E-state index in [-0.39, 0.29) is 24.9 Å². The summed E-state index contributed by atoms with van der Waals surface area (Å²) in [6, 6.07) is 17.9. The molecule has 0 unspecified atom stereocenters. The van der Waals surface area contributed by atoms with Gasteiger partial charge in [-0.2, -0.15) is 5.26 Å². The summed E-state index contributed by atoms with van der Waals surface area (Å²) in [4.78, 5) is 26.5. The van der Waals surface area contributed by atoms with Crippen molar-refractivity contribution >= 4 is 11.9 Å². The van der Waals surface area contributed by atoms with Gasteiger partial charge >= 0.3 is 5.97 Å². The molecular formula is C31H40N2O5. The highest BCUT2D eigenvalue weighted by molar-refractivity contribution is 5.77. The lowest BCUT2D eigenvalue weighted by Gasteiger charge is -2.31. The van der Waals surface area contributed by atoms with E-state index in [1.807, 2.05) is 4.90 Å². The number of hydrogen-bond acceptors (Lipinski definition) is 5. The number of carboxylic acids is 1. The molecule has 2 aromatic carbocycles. The van der Waals surface area contributed by atoms with E-state index in [1.54, 1.807) is 31.2 Å². The number of nitriles is 1. The number of carbonyl (C=O) groups is 2. The zero-order valence-electron chi connectivity index (χ0n) is 22.8. The van der Waals surface area contributed by atoms with Gasteiger partial charge in [0.15, 0.2) is 12.7 Å². The fourth-order valence-corrected chi connectivity index (χ4v) is 4.86. The van der Waals surface area contributed by atoms with E-state index in [0.717, 1.165) is 36.8 Å². The normalized spacial score (nSPS) is 18.0. The molecule has 0 saturated heterocycles. The third-order valence-corrected chi connectivity index (χ3v) is 7.23. The van der Waals surface area contributed by atoms with Gasteiger partial charge in [0.2, 0.25) is 0 Å². The molecule has 1 atom stereocenters. The highest BCUT2D eigenvalue weighted by atomic mass is 16.5. The van der Waals surface area contributed by atoms with Crippen LogP contribution in [0.5, 0.6) is 5.75 Å². The van der Waals surface area contributed by atoms with Gasteiger partial charge in [-0.05, 0) is 73.3 Å². The number of ether oxygens (including phenoxy) is 2. The van der Waals surface area contributed by atoms with Crippen LogP contribution in [0, 0.1) is 23.2 Å². The Morgan fingerprint density at radius 3 is 2.21 bits per heavy atom. The number of rotatable bonds is 13. The molecule has 7 nitrogen and oxygen atoms in total. The van der Waals surface area contributed by atoms with Crippen molar-refractivity contribution in [1.82, 2.24) is 4.90 Å². The van der Waals surface area contributed by atoms with Crippen LogP contribution < -0.4 is 4.74 Å². The number of carboxylic acid groups (broad SMARTS) is 1. The molecular weight excluding hydrogens is 480 g/mol. The molecule has 0 heterocycles. The Bertz CT molecular complexity index is 1070. The second-order valence-corrected chi connectivity index (χ2v) is 10.4. The number of hydrogen-bond donors (Lipinski definition) is 1. The van der Waals surface area contributed by atoms with E-state index >= 15 is 0 Å². The Labute approximate surface area is 226 Å². The predicted octanol–water partition coefficient (Wildman–Crippen LogP) is 5.58. The van der Waals surface area contributed by atoms with Gasteiger partial charge in [0, 0.05) is 32.0 Å². The highest BCUT2D eigenvalue weighted by Gasteiger charge is 2.25. The Morgan fingerprint density at radius 1 is 1.03 bits per heavy atom. The summed E-state index contributed by atoms with van der Waals surface area (Å²) in [6.45, 7) is 7.52. The number of amides is 1. The van der Waals surface area contributed by atoms with Crippen LogP contribution in [-0.2, 0) is 27.3 Å². The molecule has 0 aromatic heterocycles. The van der Waals surface area contributed by atoms with Crippen LogP contribution in [0.15, 0.2) is 48.5 Å². The molecule has 2 aromatic rings. The van der Waals surface area contributed by atoms with Crippen LogP contribution >= 0.6 is 0 Å². The van der Waals surface area contributed by atoms with Gasteiger partial charge in [0.1, 0.15) is 5.75 Å². The first-order valence-electron chi connectivity index (χ1n) is 13.6. The maximum atomic E-state index is 13.3. The van der Waals surface area contributed by atoms with E-state index < -0.39 is 12.1 Å². The third-order valence-electron chi connectivity index (χ3n) is 7.23. The van der Waals surface area contributed by atoms with Gasteiger partial charge in [-0.1, -0.05) is 50.2 Å². The van der Waals surface area contributed by atoms with E-state index in [2.05, 4.69) is 44.2 Å². The lowest BCUT2D eigenvalue weighted by molar-refractivity contribution is -0.150. The van der Waals surface area contributed by atoms with Crippen molar-refractivity contribution in [2.45, 2.75) is 71.4 Å². The fourth-order valence-electron chi connectivity index (χ4n) is 4.86. The minimum atomic E-state index is -0.988. The maximum Gasteiger partial charge on any atom is 0.333 e. The molecule has 1 aliphatic rings. The van der Waals surface area contributed by atoms with Crippen molar-refractivity contribution in [3.63, 3.8) is 0 Å². The zero-order valence-corrected chi connectivity index (χ0v) is 22.8. The van der Waals surface area contributed by atoms with E-state index in [9.17, 15) is 20.0 Å². The average Bonchev–Trinajstić information content (AvgIpc) is 2.92. The predicted molar refractivity (Wildman–Crippen MR) is 146 cm³/mol. The molecule has 204 valence electrons.